The molecule has 1 saturated heterocycles. The van der Waals surface area contributed by atoms with Crippen LogP contribution in [0.5, 0.6) is 0 Å². The molecule has 140 valence electrons. The van der Waals surface area contributed by atoms with Gasteiger partial charge in [0.05, 0.1) is 29.6 Å². The predicted molar refractivity (Wildman–Crippen MR) is 109 cm³/mol. The number of benzene rings is 1. The Morgan fingerprint density at radius 2 is 1.70 bits per heavy atom. The summed E-state index contributed by atoms with van der Waals surface area (Å²) in [5.74, 6) is 1.69. The first-order valence-electron chi connectivity index (χ1n) is 9.83. The maximum absolute atomic E-state index is 4.88. The molecule has 0 amide bonds. The standard InChI is InChI=1S/C21H26N6/c1-16-13-23-17(14-22-16)15-24-21-25-19-10-6-5-9-18(19)20(26-21)27-11-7-3-2-4-8-12-27/h5-6,9-10,13-14H,2-4,7-8,11-12,15H2,1H3,(H,24,25,26). The lowest BCUT2D eigenvalue weighted by Crippen LogP contribution is -2.28. The van der Waals surface area contributed by atoms with Crippen LogP contribution in [0.3, 0.4) is 0 Å². The first-order valence-corrected chi connectivity index (χ1v) is 9.83. The molecule has 4 rings (SSSR count). The molecular weight excluding hydrogens is 336 g/mol. The zero-order valence-corrected chi connectivity index (χ0v) is 15.9. The van der Waals surface area contributed by atoms with E-state index < -0.39 is 0 Å². The van der Waals surface area contributed by atoms with Crippen molar-refractivity contribution in [3.05, 3.63) is 48.0 Å². The van der Waals surface area contributed by atoms with E-state index >= 15 is 0 Å². The van der Waals surface area contributed by atoms with Crippen molar-refractivity contribution >= 4 is 22.7 Å². The minimum atomic E-state index is 0.561. The number of hydrogen-bond donors (Lipinski definition) is 1. The van der Waals surface area contributed by atoms with Crippen molar-refractivity contribution in [3.63, 3.8) is 0 Å². The molecule has 0 radical (unpaired) electrons. The fourth-order valence-corrected chi connectivity index (χ4v) is 3.52. The van der Waals surface area contributed by atoms with Crippen LogP contribution in [0.2, 0.25) is 0 Å². The molecule has 0 spiro atoms. The molecule has 0 aliphatic carbocycles. The second kappa shape index (κ2) is 8.29. The number of fused-ring (bicyclic) bond motifs is 1. The average molecular weight is 362 g/mol. The normalized spacial score (nSPS) is 15.4. The summed E-state index contributed by atoms with van der Waals surface area (Å²) in [4.78, 5) is 20.7. The molecular formula is C21H26N6. The SMILES string of the molecule is Cc1cnc(CNc2nc(N3CCCCCCC3)c3ccccc3n2)cn1. The Morgan fingerprint density at radius 3 is 2.48 bits per heavy atom. The number of nitrogens with zero attached hydrogens (tertiary/aromatic N) is 5. The number of nitrogens with one attached hydrogen (secondary N) is 1. The van der Waals surface area contributed by atoms with Gasteiger partial charge in [0.2, 0.25) is 5.95 Å². The van der Waals surface area contributed by atoms with Gasteiger partial charge in [0.25, 0.3) is 0 Å². The van der Waals surface area contributed by atoms with Crippen molar-refractivity contribution in [1.29, 1.82) is 0 Å². The van der Waals surface area contributed by atoms with Gasteiger partial charge in [-0.25, -0.2) is 4.98 Å². The third-order valence-electron chi connectivity index (χ3n) is 5.00. The molecule has 6 nitrogen and oxygen atoms in total. The third kappa shape index (κ3) is 4.32. The summed E-state index contributed by atoms with van der Waals surface area (Å²) < 4.78 is 0. The van der Waals surface area contributed by atoms with Gasteiger partial charge in [-0.3, -0.25) is 9.97 Å². The zero-order valence-electron chi connectivity index (χ0n) is 15.9. The second-order valence-corrected chi connectivity index (χ2v) is 7.15. The van der Waals surface area contributed by atoms with Crippen molar-refractivity contribution in [3.8, 4) is 0 Å². The Kier molecular flexibility index (Phi) is 5.42. The fraction of sp³-hybridized carbons (Fsp3) is 0.429. The first-order chi connectivity index (χ1) is 13.3. The van der Waals surface area contributed by atoms with Crippen LogP contribution in [0, 0.1) is 6.92 Å². The lowest BCUT2D eigenvalue weighted by atomic mass is 10.1. The van der Waals surface area contributed by atoms with E-state index in [0.29, 0.717) is 12.5 Å². The molecule has 0 unspecified atom stereocenters. The molecule has 6 heteroatoms. The molecule has 3 heterocycles. The Morgan fingerprint density at radius 1 is 0.926 bits per heavy atom. The number of aromatic nitrogens is 4. The highest BCUT2D eigenvalue weighted by Crippen LogP contribution is 2.27. The van der Waals surface area contributed by atoms with E-state index in [-0.39, 0.29) is 0 Å². The Labute approximate surface area is 160 Å². The summed E-state index contributed by atoms with van der Waals surface area (Å²) >= 11 is 0. The van der Waals surface area contributed by atoms with Gasteiger partial charge in [-0.1, -0.05) is 31.4 Å². The Balaban J connectivity index is 1.62. The summed E-state index contributed by atoms with van der Waals surface area (Å²) in [7, 11) is 0. The highest BCUT2D eigenvalue weighted by atomic mass is 15.2. The molecule has 3 aromatic rings. The maximum atomic E-state index is 4.88. The number of anilines is 2. The molecule has 0 atom stereocenters. The van der Waals surface area contributed by atoms with Crippen LogP contribution in [-0.2, 0) is 6.54 Å². The predicted octanol–water partition coefficient (Wildman–Crippen LogP) is 4.11. The van der Waals surface area contributed by atoms with Crippen molar-refractivity contribution in [2.45, 2.75) is 45.6 Å². The lowest BCUT2D eigenvalue weighted by molar-refractivity contribution is 0.554. The number of hydrogen-bond acceptors (Lipinski definition) is 6. The van der Waals surface area contributed by atoms with E-state index in [1.807, 2.05) is 13.0 Å². The molecule has 1 N–H and O–H groups in total. The molecule has 1 aliphatic heterocycles. The molecule has 0 bridgehead atoms. The van der Waals surface area contributed by atoms with Gasteiger partial charge < -0.3 is 10.2 Å². The minimum Gasteiger partial charge on any atom is -0.356 e. The van der Waals surface area contributed by atoms with Crippen LogP contribution in [0.1, 0.15) is 43.5 Å². The third-order valence-corrected chi connectivity index (χ3v) is 5.00. The first kappa shape index (κ1) is 17.6. The monoisotopic (exact) mass is 362 g/mol. The van der Waals surface area contributed by atoms with Gasteiger partial charge in [0.1, 0.15) is 5.82 Å². The molecule has 2 aromatic heterocycles. The smallest absolute Gasteiger partial charge is 0.225 e. The number of para-hydroxylation sites is 1. The quantitative estimate of drug-likeness (QED) is 0.753. The Bertz CT molecular complexity index is 885. The average Bonchev–Trinajstić information content (AvgIpc) is 2.67. The summed E-state index contributed by atoms with van der Waals surface area (Å²) in [6.07, 6.45) is 9.97. The minimum absolute atomic E-state index is 0.561. The summed E-state index contributed by atoms with van der Waals surface area (Å²) in [5.41, 5.74) is 2.77. The summed E-state index contributed by atoms with van der Waals surface area (Å²) in [5, 5.41) is 4.45. The van der Waals surface area contributed by atoms with Crippen LogP contribution in [0.4, 0.5) is 11.8 Å². The van der Waals surface area contributed by atoms with E-state index in [1.54, 1.807) is 12.4 Å². The largest absolute Gasteiger partial charge is 0.356 e. The number of aryl methyl sites for hydroxylation is 1. The highest BCUT2D eigenvalue weighted by molar-refractivity contribution is 5.90. The van der Waals surface area contributed by atoms with E-state index in [0.717, 1.165) is 41.2 Å². The maximum Gasteiger partial charge on any atom is 0.225 e. The van der Waals surface area contributed by atoms with E-state index in [9.17, 15) is 0 Å². The Hall–Kier alpha value is -2.76. The van der Waals surface area contributed by atoms with Crippen molar-refractivity contribution in [1.82, 2.24) is 19.9 Å². The van der Waals surface area contributed by atoms with E-state index in [1.165, 1.54) is 32.1 Å². The summed E-state index contributed by atoms with van der Waals surface area (Å²) in [6, 6.07) is 8.27. The van der Waals surface area contributed by atoms with Gasteiger partial charge in [-0.15, -0.1) is 0 Å². The fourth-order valence-electron chi connectivity index (χ4n) is 3.52. The molecule has 1 aromatic carbocycles. The van der Waals surface area contributed by atoms with Gasteiger partial charge in [-0.05, 0) is 31.9 Å². The molecule has 1 fully saturated rings. The van der Waals surface area contributed by atoms with Gasteiger partial charge in [0, 0.05) is 24.7 Å². The molecule has 1 aliphatic rings. The van der Waals surface area contributed by atoms with Crippen LogP contribution in [0.25, 0.3) is 10.9 Å². The van der Waals surface area contributed by atoms with Crippen LogP contribution in [-0.4, -0.2) is 33.0 Å². The zero-order chi connectivity index (χ0) is 18.5. The van der Waals surface area contributed by atoms with Crippen LogP contribution < -0.4 is 10.2 Å². The van der Waals surface area contributed by atoms with Crippen LogP contribution in [0.15, 0.2) is 36.7 Å². The van der Waals surface area contributed by atoms with Crippen LogP contribution >= 0.6 is 0 Å². The molecule has 27 heavy (non-hydrogen) atoms. The lowest BCUT2D eigenvalue weighted by Gasteiger charge is -2.27. The molecule has 0 saturated carbocycles. The topological polar surface area (TPSA) is 66.8 Å². The van der Waals surface area contributed by atoms with E-state index in [2.05, 4.69) is 38.4 Å². The van der Waals surface area contributed by atoms with Crippen molar-refractivity contribution in [2.24, 2.45) is 0 Å². The highest BCUT2D eigenvalue weighted by Gasteiger charge is 2.15. The van der Waals surface area contributed by atoms with Crippen molar-refractivity contribution in [2.75, 3.05) is 23.3 Å². The van der Waals surface area contributed by atoms with E-state index in [4.69, 9.17) is 9.97 Å². The summed E-state index contributed by atoms with van der Waals surface area (Å²) in [6.45, 7) is 4.62. The van der Waals surface area contributed by atoms with Gasteiger partial charge in [-0.2, -0.15) is 4.98 Å². The van der Waals surface area contributed by atoms with Gasteiger partial charge in [0.15, 0.2) is 0 Å². The second-order valence-electron chi connectivity index (χ2n) is 7.15. The van der Waals surface area contributed by atoms with Crippen molar-refractivity contribution < 1.29 is 0 Å². The van der Waals surface area contributed by atoms with Gasteiger partial charge >= 0.3 is 0 Å². The number of rotatable bonds is 4.